The van der Waals surface area contributed by atoms with Gasteiger partial charge in [0, 0.05) is 11.9 Å². The number of imidazole rings is 1. The molecule has 1 saturated carbocycles. The third kappa shape index (κ3) is 1.93. The standard InChI is InChI=1S/C12H12BBrN4S/c14-11-17-18-5-10(16-12(18)19-11)7-1-8-3-13(6-15)4-9(8)2-7/h5,7-9H,1-4H2. The molecule has 1 saturated heterocycles. The molecule has 0 aromatic carbocycles. The number of halogens is 1. The van der Waals surface area contributed by atoms with Crippen LogP contribution in [0.5, 0.6) is 0 Å². The highest BCUT2D eigenvalue weighted by molar-refractivity contribution is 9.11. The van der Waals surface area contributed by atoms with E-state index in [1.54, 1.807) is 11.3 Å². The maximum atomic E-state index is 9.02. The summed E-state index contributed by atoms with van der Waals surface area (Å²) in [5, 5.41) is 13.4. The van der Waals surface area contributed by atoms with Crippen LogP contribution in [0.1, 0.15) is 24.5 Å². The van der Waals surface area contributed by atoms with Crippen LogP contribution in [0.4, 0.5) is 0 Å². The van der Waals surface area contributed by atoms with Gasteiger partial charge in [0.1, 0.15) is 0 Å². The number of hydrogen-bond donors (Lipinski definition) is 0. The third-order valence-electron chi connectivity index (χ3n) is 4.65. The van der Waals surface area contributed by atoms with E-state index in [0.29, 0.717) is 12.6 Å². The van der Waals surface area contributed by atoms with Gasteiger partial charge in [-0.1, -0.05) is 24.0 Å². The van der Waals surface area contributed by atoms with E-state index in [2.05, 4.69) is 33.2 Å². The fourth-order valence-corrected chi connectivity index (χ4v) is 5.08. The highest BCUT2D eigenvalue weighted by Crippen LogP contribution is 2.50. The zero-order valence-electron chi connectivity index (χ0n) is 10.3. The van der Waals surface area contributed by atoms with Gasteiger partial charge >= 0.3 is 0 Å². The lowest BCUT2D eigenvalue weighted by molar-refractivity contribution is 0.486. The Morgan fingerprint density at radius 1 is 1.42 bits per heavy atom. The Morgan fingerprint density at radius 2 is 2.16 bits per heavy atom. The minimum absolute atomic E-state index is 0.305. The van der Waals surface area contributed by atoms with Crippen molar-refractivity contribution in [3.63, 3.8) is 0 Å². The second-order valence-corrected chi connectivity index (χ2v) is 7.97. The summed E-state index contributed by atoms with van der Waals surface area (Å²) in [6, 6.07) is 0. The van der Waals surface area contributed by atoms with Crippen molar-refractivity contribution in [1.29, 1.82) is 5.26 Å². The highest BCUT2D eigenvalue weighted by Gasteiger charge is 2.44. The largest absolute Gasteiger partial charge is 0.268 e. The van der Waals surface area contributed by atoms with Crippen LogP contribution in [0.25, 0.3) is 4.96 Å². The van der Waals surface area contributed by atoms with Crippen LogP contribution >= 0.6 is 27.3 Å². The minimum atomic E-state index is 0.305. The highest BCUT2D eigenvalue weighted by atomic mass is 79.9. The molecule has 2 unspecified atom stereocenters. The Kier molecular flexibility index (Phi) is 2.71. The minimum Gasteiger partial charge on any atom is -0.222 e. The molecule has 1 aliphatic carbocycles. The van der Waals surface area contributed by atoms with Gasteiger partial charge in [0.05, 0.1) is 11.9 Å². The van der Waals surface area contributed by atoms with E-state index in [1.165, 1.54) is 18.5 Å². The van der Waals surface area contributed by atoms with Crippen LogP contribution in [-0.4, -0.2) is 21.3 Å². The van der Waals surface area contributed by atoms with Crippen LogP contribution in [0.15, 0.2) is 10.1 Å². The second kappa shape index (κ2) is 4.32. The topological polar surface area (TPSA) is 54.0 Å². The average molecular weight is 335 g/mol. The second-order valence-electron chi connectivity index (χ2n) is 5.73. The molecule has 4 rings (SSSR count). The molecule has 2 fully saturated rings. The first-order chi connectivity index (χ1) is 9.22. The Bertz CT molecular complexity index is 629. The first-order valence-corrected chi connectivity index (χ1v) is 8.25. The lowest BCUT2D eigenvalue weighted by atomic mass is 9.49. The summed E-state index contributed by atoms with van der Waals surface area (Å²) in [6.45, 7) is 0.305. The maximum Gasteiger partial charge on any atom is 0.268 e. The zero-order chi connectivity index (χ0) is 13.0. The first-order valence-electron chi connectivity index (χ1n) is 6.64. The van der Waals surface area contributed by atoms with E-state index in [-0.39, 0.29) is 0 Å². The quantitative estimate of drug-likeness (QED) is 0.752. The van der Waals surface area contributed by atoms with Gasteiger partial charge in [0.2, 0.25) is 4.96 Å². The van der Waals surface area contributed by atoms with Crippen molar-refractivity contribution in [1.82, 2.24) is 14.6 Å². The molecule has 2 atom stereocenters. The molecule has 0 amide bonds. The molecule has 0 bridgehead atoms. The van der Waals surface area contributed by atoms with Crippen molar-refractivity contribution in [3.05, 3.63) is 15.8 Å². The number of nitrogens with zero attached hydrogens (tertiary/aromatic N) is 4. The molecule has 3 heterocycles. The lowest BCUT2D eigenvalue weighted by Gasteiger charge is -2.07. The monoisotopic (exact) mass is 334 g/mol. The SMILES string of the molecule is N#CB1CC2CC(c3cn4nc(Br)sc4n3)CC2C1. The molecule has 96 valence electrons. The van der Waals surface area contributed by atoms with Gasteiger partial charge in [0.25, 0.3) is 6.71 Å². The van der Waals surface area contributed by atoms with Crippen LogP contribution in [0, 0.1) is 23.1 Å². The van der Waals surface area contributed by atoms with Crippen LogP contribution in [0.2, 0.25) is 12.6 Å². The molecule has 7 heteroatoms. The Morgan fingerprint density at radius 3 is 2.79 bits per heavy atom. The molecule has 2 aliphatic rings. The normalized spacial score (nSPS) is 29.9. The van der Waals surface area contributed by atoms with Crippen LogP contribution < -0.4 is 0 Å². The molecule has 4 nitrogen and oxygen atoms in total. The van der Waals surface area contributed by atoms with Crippen LogP contribution in [0.3, 0.4) is 0 Å². The summed E-state index contributed by atoms with van der Waals surface area (Å²) in [4.78, 5) is 5.67. The summed E-state index contributed by atoms with van der Waals surface area (Å²) in [7, 11) is 0. The fourth-order valence-electron chi connectivity index (χ4n) is 3.85. The van der Waals surface area contributed by atoms with E-state index in [4.69, 9.17) is 10.2 Å². The van der Waals surface area contributed by atoms with E-state index in [0.717, 1.165) is 33.4 Å². The summed E-state index contributed by atoms with van der Waals surface area (Å²) in [5.74, 6) is 4.50. The molecule has 0 spiro atoms. The number of rotatable bonds is 1. The van der Waals surface area contributed by atoms with Crippen molar-refractivity contribution in [2.24, 2.45) is 11.8 Å². The smallest absolute Gasteiger partial charge is 0.222 e. The van der Waals surface area contributed by atoms with Crippen molar-refractivity contribution in [3.8, 4) is 5.97 Å². The predicted molar refractivity (Wildman–Crippen MR) is 78.5 cm³/mol. The van der Waals surface area contributed by atoms with E-state index < -0.39 is 0 Å². The van der Waals surface area contributed by atoms with E-state index in [9.17, 15) is 0 Å². The maximum absolute atomic E-state index is 9.02. The molecule has 2 aromatic rings. The van der Waals surface area contributed by atoms with Crippen molar-refractivity contribution in [2.45, 2.75) is 31.4 Å². The molecule has 1 aliphatic heterocycles. The van der Waals surface area contributed by atoms with Gasteiger partial charge in [-0.3, -0.25) is 0 Å². The molecule has 0 radical (unpaired) electrons. The van der Waals surface area contributed by atoms with Gasteiger partial charge < -0.3 is 0 Å². The van der Waals surface area contributed by atoms with Gasteiger partial charge in [-0.25, -0.2) is 14.8 Å². The molecular formula is C12H12BBrN4S. The van der Waals surface area contributed by atoms with Gasteiger partial charge in [0.15, 0.2) is 3.92 Å². The summed E-state index contributed by atoms with van der Waals surface area (Å²) < 4.78 is 2.75. The molecule has 19 heavy (non-hydrogen) atoms. The zero-order valence-corrected chi connectivity index (χ0v) is 12.7. The lowest BCUT2D eigenvalue weighted by Crippen LogP contribution is -2.06. The van der Waals surface area contributed by atoms with Crippen molar-refractivity contribution < 1.29 is 0 Å². The Balaban J connectivity index is 1.55. The summed E-state index contributed by atoms with van der Waals surface area (Å²) >= 11 is 4.95. The molecule has 2 aromatic heterocycles. The first kappa shape index (κ1) is 11.9. The predicted octanol–water partition coefficient (Wildman–Crippen LogP) is 3.23. The van der Waals surface area contributed by atoms with Crippen LogP contribution in [-0.2, 0) is 0 Å². The van der Waals surface area contributed by atoms with Gasteiger partial charge in [-0.05, 0) is 40.6 Å². The average Bonchev–Trinajstić information content (AvgIpc) is 3.03. The number of aromatic nitrogens is 3. The van der Waals surface area contributed by atoms with Gasteiger partial charge in [-0.2, -0.15) is 0 Å². The van der Waals surface area contributed by atoms with Crippen molar-refractivity contribution in [2.75, 3.05) is 0 Å². The van der Waals surface area contributed by atoms with E-state index >= 15 is 0 Å². The number of nitriles is 1. The van der Waals surface area contributed by atoms with Crippen molar-refractivity contribution >= 4 is 38.9 Å². The Hall–Kier alpha value is -0.865. The number of fused-ring (bicyclic) bond motifs is 2. The Labute approximate surface area is 124 Å². The summed E-state index contributed by atoms with van der Waals surface area (Å²) in [5.41, 5.74) is 1.19. The molecule has 0 N–H and O–H groups in total. The number of hydrogen-bond acceptors (Lipinski definition) is 4. The van der Waals surface area contributed by atoms with E-state index in [1.807, 2.05) is 4.52 Å². The third-order valence-corrected chi connectivity index (χ3v) is 6.01. The fraction of sp³-hybridized carbons (Fsp3) is 0.583. The summed E-state index contributed by atoms with van der Waals surface area (Å²) in [6.07, 6.45) is 6.68. The molecular weight excluding hydrogens is 323 g/mol. The van der Waals surface area contributed by atoms with Gasteiger partial charge in [-0.15, -0.1) is 5.10 Å².